The van der Waals surface area contributed by atoms with Crippen LogP contribution in [0.5, 0.6) is 0 Å². The lowest BCUT2D eigenvalue weighted by Crippen LogP contribution is -2.53. The number of rotatable bonds is 11. The van der Waals surface area contributed by atoms with Gasteiger partial charge in [-0.3, -0.25) is 14.9 Å². The second-order valence-corrected chi connectivity index (χ2v) is 10.1. The predicted molar refractivity (Wildman–Crippen MR) is 132 cm³/mol. The van der Waals surface area contributed by atoms with Crippen molar-refractivity contribution in [2.75, 3.05) is 0 Å². The molecule has 3 N–H and O–H groups in total. The summed E-state index contributed by atoms with van der Waals surface area (Å²) in [5.41, 5.74) is 1.49. The number of nitro groups is 1. The lowest BCUT2D eigenvalue weighted by molar-refractivity contribution is -0.384. The number of nitrogens with zero attached hydrogens (tertiary/aromatic N) is 1. The zero-order valence-electron chi connectivity index (χ0n) is 19.6. The van der Waals surface area contributed by atoms with Crippen LogP contribution in [0, 0.1) is 22.9 Å². The maximum Gasteiger partial charge on any atom is 0.326 e. The van der Waals surface area contributed by atoms with Crippen molar-refractivity contribution >= 4 is 27.6 Å². The molecule has 0 heterocycles. The average Bonchev–Trinajstić information content (AvgIpc) is 2.85. The van der Waals surface area contributed by atoms with Crippen molar-refractivity contribution in [2.24, 2.45) is 0 Å². The largest absolute Gasteiger partial charge is 0.480 e. The van der Waals surface area contributed by atoms with Gasteiger partial charge in [-0.1, -0.05) is 42.0 Å². The molecule has 0 spiro atoms. The van der Waals surface area contributed by atoms with Gasteiger partial charge in [-0.2, -0.15) is 4.72 Å². The Morgan fingerprint density at radius 2 is 1.43 bits per heavy atom. The lowest BCUT2D eigenvalue weighted by Gasteiger charge is -2.22. The standard InChI is InChI=1S/C25H24FN3O7S/c1-16-2-12-21(13-3-16)37(35,36)28-22(14-18-6-10-20(11-7-18)29(33)34)24(30)27-23(25(31)32)15-17-4-8-19(26)9-5-17/h2-13,22-23,28H,14-15H2,1H3,(H,27,30)(H,31,32). The van der Waals surface area contributed by atoms with Crippen LogP contribution in [-0.4, -0.2) is 42.4 Å². The third kappa shape index (κ3) is 7.66. The molecule has 2 atom stereocenters. The predicted octanol–water partition coefficient (Wildman–Crippen LogP) is 2.74. The molecule has 2 unspecified atom stereocenters. The zero-order chi connectivity index (χ0) is 27.2. The molecular weight excluding hydrogens is 505 g/mol. The van der Waals surface area contributed by atoms with Crippen molar-refractivity contribution in [2.45, 2.75) is 36.7 Å². The number of carboxylic acids is 1. The van der Waals surface area contributed by atoms with Crippen molar-refractivity contribution in [1.82, 2.24) is 10.0 Å². The Morgan fingerprint density at radius 1 is 0.919 bits per heavy atom. The molecule has 0 aliphatic carbocycles. The summed E-state index contributed by atoms with van der Waals surface area (Å²) in [4.78, 5) is 35.3. The number of carbonyl (C=O) groups is 2. The molecule has 0 aliphatic rings. The maximum absolute atomic E-state index is 13.2. The Bertz CT molecular complexity index is 1380. The van der Waals surface area contributed by atoms with E-state index in [1.165, 1.54) is 48.5 Å². The number of carboxylic acid groups (broad SMARTS) is 1. The Balaban J connectivity index is 1.87. The fraction of sp³-hybridized carbons (Fsp3) is 0.200. The number of amides is 1. The van der Waals surface area contributed by atoms with Gasteiger partial charge in [0.25, 0.3) is 5.69 Å². The summed E-state index contributed by atoms with van der Waals surface area (Å²) in [5, 5.41) is 22.9. The van der Waals surface area contributed by atoms with Crippen LogP contribution in [0.15, 0.2) is 77.7 Å². The number of sulfonamides is 1. The number of nitrogens with one attached hydrogen (secondary N) is 2. The second-order valence-electron chi connectivity index (χ2n) is 8.34. The number of non-ortho nitro benzene ring substituents is 1. The Hall–Kier alpha value is -4.16. The number of nitro benzene ring substituents is 1. The molecule has 194 valence electrons. The van der Waals surface area contributed by atoms with Gasteiger partial charge in [-0.05, 0) is 48.7 Å². The quantitative estimate of drug-likeness (QED) is 0.255. The molecule has 0 saturated heterocycles. The first-order valence-corrected chi connectivity index (χ1v) is 12.5. The highest BCUT2D eigenvalue weighted by molar-refractivity contribution is 7.89. The van der Waals surface area contributed by atoms with Gasteiger partial charge in [-0.15, -0.1) is 0 Å². The van der Waals surface area contributed by atoms with Crippen LogP contribution < -0.4 is 10.0 Å². The monoisotopic (exact) mass is 529 g/mol. The molecule has 37 heavy (non-hydrogen) atoms. The fourth-order valence-electron chi connectivity index (χ4n) is 3.48. The summed E-state index contributed by atoms with van der Waals surface area (Å²) < 4.78 is 41.5. The number of aryl methyl sites for hydroxylation is 1. The summed E-state index contributed by atoms with van der Waals surface area (Å²) in [5.74, 6) is -2.79. The second kappa shape index (κ2) is 11.7. The molecule has 12 heteroatoms. The van der Waals surface area contributed by atoms with E-state index in [1.807, 2.05) is 0 Å². The number of halogens is 1. The van der Waals surface area contributed by atoms with E-state index in [0.717, 1.165) is 17.7 Å². The molecule has 0 fully saturated rings. The molecule has 10 nitrogen and oxygen atoms in total. The van der Waals surface area contributed by atoms with E-state index in [-0.39, 0.29) is 23.4 Å². The van der Waals surface area contributed by atoms with Crippen molar-refractivity contribution in [3.05, 3.63) is 105 Å². The molecule has 3 aromatic rings. The van der Waals surface area contributed by atoms with Gasteiger partial charge < -0.3 is 10.4 Å². The molecule has 0 aliphatic heterocycles. The summed E-state index contributed by atoms with van der Waals surface area (Å²) in [7, 11) is -4.19. The zero-order valence-corrected chi connectivity index (χ0v) is 20.4. The minimum Gasteiger partial charge on any atom is -0.480 e. The van der Waals surface area contributed by atoms with E-state index in [4.69, 9.17) is 0 Å². The molecule has 3 rings (SSSR count). The smallest absolute Gasteiger partial charge is 0.326 e. The fourth-order valence-corrected chi connectivity index (χ4v) is 4.67. The van der Waals surface area contributed by atoms with Gasteiger partial charge in [0, 0.05) is 18.6 Å². The van der Waals surface area contributed by atoms with Gasteiger partial charge in [0.2, 0.25) is 15.9 Å². The van der Waals surface area contributed by atoms with Crippen LogP contribution in [0.4, 0.5) is 10.1 Å². The van der Waals surface area contributed by atoms with Gasteiger partial charge in [0.05, 0.1) is 9.82 Å². The SMILES string of the molecule is Cc1ccc(S(=O)(=O)NC(Cc2ccc([N+](=O)[O-])cc2)C(=O)NC(Cc2ccc(F)cc2)C(=O)O)cc1. The maximum atomic E-state index is 13.2. The highest BCUT2D eigenvalue weighted by Crippen LogP contribution is 2.16. The Labute approximate surface area is 212 Å². The minimum atomic E-state index is -4.19. The lowest BCUT2D eigenvalue weighted by atomic mass is 10.0. The van der Waals surface area contributed by atoms with Crippen LogP contribution in [0.3, 0.4) is 0 Å². The van der Waals surface area contributed by atoms with Crippen LogP contribution >= 0.6 is 0 Å². The first-order chi connectivity index (χ1) is 17.4. The molecule has 0 aromatic heterocycles. The Morgan fingerprint density at radius 3 is 1.95 bits per heavy atom. The van der Waals surface area contributed by atoms with Crippen molar-refractivity contribution in [3.63, 3.8) is 0 Å². The molecule has 3 aromatic carbocycles. The Kier molecular flexibility index (Phi) is 8.69. The van der Waals surface area contributed by atoms with E-state index in [0.29, 0.717) is 11.1 Å². The van der Waals surface area contributed by atoms with Crippen LogP contribution in [-0.2, 0) is 32.5 Å². The van der Waals surface area contributed by atoms with E-state index in [9.17, 15) is 37.6 Å². The van der Waals surface area contributed by atoms with Crippen molar-refractivity contribution in [3.8, 4) is 0 Å². The first kappa shape index (κ1) is 27.4. The molecule has 1 amide bonds. The van der Waals surface area contributed by atoms with E-state index < -0.39 is 44.7 Å². The number of hydrogen-bond acceptors (Lipinski definition) is 6. The van der Waals surface area contributed by atoms with Crippen LogP contribution in [0.25, 0.3) is 0 Å². The van der Waals surface area contributed by atoms with Gasteiger partial charge in [0.1, 0.15) is 17.9 Å². The molecule has 0 saturated carbocycles. The van der Waals surface area contributed by atoms with Crippen LogP contribution in [0.2, 0.25) is 0 Å². The van der Waals surface area contributed by atoms with Gasteiger partial charge >= 0.3 is 5.97 Å². The third-order valence-electron chi connectivity index (χ3n) is 5.50. The number of hydrogen-bond donors (Lipinski definition) is 3. The molecule has 0 bridgehead atoms. The van der Waals surface area contributed by atoms with Crippen molar-refractivity contribution < 1.29 is 32.4 Å². The van der Waals surface area contributed by atoms with Crippen LogP contribution in [0.1, 0.15) is 16.7 Å². The number of benzene rings is 3. The summed E-state index contributed by atoms with van der Waals surface area (Å²) in [6, 6.07) is 13.3. The van der Waals surface area contributed by atoms with Gasteiger partial charge in [-0.25, -0.2) is 17.6 Å². The van der Waals surface area contributed by atoms with E-state index in [2.05, 4.69) is 10.0 Å². The summed E-state index contributed by atoms with van der Waals surface area (Å²) >= 11 is 0. The van der Waals surface area contributed by atoms with Gasteiger partial charge in [0.15, 0.2) is 0 Å². The highest BCUT2D eigenvalue weighted by Gasteiger charge is 2.30. The van der Waals surface area contributed by atoms with E-state index in [1.54, 1.807) is 19.1 Å². The number of aliphatic carboxylic acids is 1. The summed E-state index contributed by atoms with van der Waals surface area (Å²) in [6.45, 7) is 1.78. The number of carbonyl (C=O) groups excluding carboxylic acids is 1. The van der Waals surface area contributed by atoms with E-state index >= 15 is 0 Å². The minimum absolute atomic E-state index is 0.0966. The molecular formula is C25H24FN3O7S. The highest BCUT2D eigenvalue weighted by atomic mass is 32.2. The molecule has 0 radical (unpaired) electrons. The topological polar surface area (TPSA) is 156 Å². The first-order valence-electron chi connectivity index (χ1n) is 11.0. The summed E-state index contributed by atoms with van der Waals surface area (Å²) in [6.07, 6.45) is -0.381. The normalized spacial score (nSPS) is 12.9. The van der Waals surface area contributed by atoms with Crippen molar-refractivity contribution in [1.29, 1.82) is 0 Å². The third-order valence-corrected chi connectivity index (χ3v) is 6.99. The average molecular weight is 530 g/mol.